The Morgan fingerprint density at radius 1 is 1.37 bits per heavy atom. The Hall–Kier alpha value is -1.61. The van der Waals surface area contributed by atoms with E-state index in [1.807, 2.05) is 6.07 Å². The molecule has 19 heavy (non-hydrogen) atoms. The number of aromatic nitrogens is 1. The molecule has 3 heteroatoms. The molecule has 1 aliphatic heterocycles. The van der Waals surface area contributed by atoms with Gasteiger partial charge < -0.3 is 10.6 Å². The van der Waals surface area contributed by atoms with Crippen LogP contribution in [0.3, 0.4) is 0 Å². The van der Waals surface area contributed by atoms with Crippen molar-refractivity contribution >= 4 is 16.7 Å². The number of piperidine rings is 1. The van der Waals surface area contributed by atoms with Gasteiger partial charge in [-0.15, -0.1) is 0 Å². The van der Waals surface area contributed by atoms with Gasteiger partial charge in [-0.2, -0.15) is 0 Å². The highest BCUT2D eigenvalue weighted by Crippen LogP contribution is 2.20. The van der Waals surface area contributed by atoms with Gasteiger partial charge >= 0.3 is 0 Å². The molecule has 1 saturated heterocycles. The lowest BCUT2D eigenvalue weighted by atomic mass is 10.00. The molecular weight excluding hydrogens is 234 g/mol. The first-order valence-electron chi connectivity index (χ1n) is 7.14. The molecule has 0 saturated carbocycles. The number of anilines is 1. The van der Waals surface area contributed by atoms with E-state index in [1.54, 1.807) is 0 Å². The standard InChI is InChI=1S/C16H21N3/c1-12-9-14-6-2-3-7-15(14)19-16(12)18-11-13-5-4-8-17-10-13/h2-3,6-7,9,13,17H,4-5,8,10-11H2,1H3,(H,18,19). The van der Waals surface area contributed by atoms with Crippen LogP contribution < -0.4 is 10.6 Å². The average molecular weight is 255 g/mol. The minimum Gasteiger partial charge on any atom is -0.370 e. The zero-order valence-corrected chi connectivity index (χ0v) is 11.4. The van der Waals surface area contributed by atoms with E-state index < -0.39 is 0 Å². The maximum absolute atomic E-state index is 4.73. The fourth-order valence-corrected chi connectivity index (χ4v) is 2.74. The molecule has 1 aromatic heterocycles. The van der Waals surface area contributed by atoms with Gasteiger partial charge in [0.15, 0.2) is 0 Å². The maximum atomic E-state index is 4.73. The van der Waals surface area contributed by atoms with Gasteiger partial charge in [0.05, 0.1) is 5.52 Å². The van der Waals surface area contributed by atoms with Gasteiger partial charge in [-0.25, -0.2) is 4.98 Å². The lowest BCUT2D eigenvalue weighted by Gasteiger charge is -2.23. The molecule has 2 N–H and O–H groups in total. The van der Waals surface area contributed by atoms with E-state index in [0.717, 1.165) is 30.3 Å². The zero-order valence-electron chi connectivity index (χ0n) is 11.4. The van der Waals surface area contributed by atoms with Crippen molar-refractivity contribution in [1.29, 1.82) is 0 Å². The largest absolute Gasteiger partial charge is 0.370 e. The average Bonchev–Trinajstić information content (AvgIpc) is 2.46. The lowest BCUT2D eigenvalue weighted by Crippen LogP contribution is -2.33. The molecule has 0 spiro atoms. The number of nitrogens with zero attached hydrogens (tertiary/aromatic N) is 1. The number of hydrogen-bond acceptors (Lipinski definition) is 3. The second-order valence-electron chi connectivity index (χ2n) is 5.44. The molecule has 1 aromatic carbocycles. The van der Waals surface area contributed by atoms with Crippen molar-refractivity contribution in [3.05, 3.63) is 35.9 Å². The fraction of sp³-hybridized carbons (Fsp3) is 0.438. The molecule has 0 aliphatic carbocycles. The summed E-state index contributed by atoms with van der Waals surface area (Å²) in [5.74, 6) is 1.76. The van der Waals surface area contributed by atoms with Crippen LogP contribution in [-0.2, 0) is 0 Å². The predicted molar refractivity (Wildman–Crippen MR) is 80.6 cm³/mol. The first-order chi connectivity index (χ1) is 9.33. The molecule has 1 unspecified atom stereocenters. The van der Waals surface area contributed by atoms with E-state index in [9.17, 15) is 0 Å². The van der Waals surface area contributed by atoms with Gasteiger partial charge in [0.1, 0.15) is 5.82 Å². The first-order valence-corrected chi connectivity index (χ1v) is 7.14. The van der Waals surface area contributed by atoms with E-state index in [1.165, 1.54) is 30.3 Å². The smallest absolute Gasteiger partial charge is 0.129 e. The molecule has 1 fully saturated rings. The summed E-state index contributed by atoms with van der Waals surface area (Å²) in [7, 11) is 0. The van der Waals surface area contributed by atoms with Crippen LogP contribution in [0.25, 0.3) is 10.9 Å². The molecule has 2 heterocycles. The summed E-state index contributed by atoms with van der Waals surface area (Å²) >= 11 is 0. The van der Waals surface area contributed by atoms with Crippen molar-refractivity contribution in [3.63, 3.8) is 0 Å². The fourth-order valence-electron chi connectivity index (χ4n) is 2.74. The normalized spacial score (nSPS) is 19.5. The molecular formula is C16H21N3. The van der Waals surface area contributed by atoms with E-state index >= 15 is 0 Å². The van der Waals surface area contributed by atoms with Gasteiger partial charge in [-0.05, 0) is 56.5 Å². The summed E-state index contributed by atoms with van der Waals surface area (Å²) in [5, 5.41) is 8.19. The van der Waals surface area contributed by atoms with Crippen molar-refractivity contribution in [2.24, 2.45) is 5.92 Å². The molecule has 0 amide bonds. The molecule has 100 valence electrons. The van der Waals surface area contributed by atoms with E-state index in [2.05, 4.69) is 41.8 Å². The highest BCUT2D eigenvalue weighted by atomic mass is 15.0. The maximum Gasteiger partial charge on any atom is 0.129 e. The molecule has 2 aromatic rings. The molecule has 1 atom stereocenters. The molecule has 0 radical (unpaired) electrons. The van der Waals surface area contributed by atoms with Gasteiger partial charge in [-0.1, -0.05) is 18.2 Å². The Morgan fingerprint density at radius 2 is 2.26 bits per heavy atom. The third-order valence-electron chi connectivity index (χ3n) is 3.87. The third-order valence-corrected chi connectivity index (χ3v) is 3.87. The van der Waals surface area contributed by atoms with Crippen LogP contribution in [0.15, 0.2) is 30.3 Å². The molecule has 3 nitrogen and oxygen atoms in total. The van der Waals surface area contributed by atoms with Crippen LogP contribution in [0.5, 0.6) is 0 Å². The van der Waals surface area contributed by atoms with Gasteiger partial charge in [0.25, 0.3) is 0 Å². The monoisotopic (exact) mass is 255 g/mol. The summed E-state index contributed by atoms with van der Waals surface area (Å²) in [6.45, 7) is 5.43. The van der Waals surface area contributed by atoms with E-state index in [0.29, 0.717) is 0 Å². The zero-order chi connectivity index (χ0) is 13.1. The molecule has 3 rings (SSSR count). The number of rotatable bonds is 3. The van der Waals surface area contributed by atoms with Crippen LogP contribution in [0.4, 0.5) is 5.82 Å². The Kier molecular flexibility index (Phi) is 3.65. The predicted octanol–water partition coefficient (Wildman–Crippen LogP) is 2.95. The number of para-hydroxylation sites is 1. The number of pyridine rings is 1. The van der Waals surface area contributed by atoms with Crippen LogP contribution in [0.1, 0.15) is 18.4 Å². The van der Waals surface area contributed by atoms with Crippen LogP contribution in [-0.4, -0.2) is 24.6 Å². The first kappa shape index (κ1) is 12.4. The summed E-state index contributed by atoms with van der Waals surface area (Å²) in [5.41, 5.74) is 2.29. The lowest BCUT2D eigenvalue weighted by molar-refractivity contribution is 0.392. The number of nitrogens with one attached hydrogen (secondary N) is 2. The summed E-state index contributed by atoms with van der Waals surface area (Å²) in [6, 6.07) is 10.5. The van der Waals surface area contributed by atoms with Crippen molar-refractivity contribution < 1.29 is 0 Å². The number of aryl methyl sites for hydroxylation is 1. The van der Waals surface area contributed by atoms with Gasteiger partial charge in [0.2, 0.25) is 0 Å². The second kappa shape index (κ2) is 5.57. The van der Waals surface area contributed by atoms with Crippen molar-refractivity contribution in [1.82, 2.24) is 10.3 Å². The molecule has 1 aliphatic rings. The quantitative estimate of drug-likeness (QED) is 0.885. The number of benzene rings is 1. The van der Waals surface area contributed by atoms with Gasteiger partial charge in [0, 0.05) is 11.9 Å². The molecule has 0 bridgehead atoms. The van der Waals surface area contributed by atoms with Crippen molar-refractivity contribution in [2.75, 3.05) is 25.0 Å². The summed E-state index contributed by atoms with van der Waals surface area (Å²) in [4.78, 5) is 4.73. The number of hydrogen-bond donors (Lipinski definition) is 2. The van der Waals surface area contributed by atoms with E-state index in [-0.39, 0.29) is 0 Å². The highest BCUT2D eigenvalue weighted by Gasteiger charge is 2.13. The highest BCUT2D eigenvalue weighted by molar-refractivity contribution is 5.81. The SMILES string of the molecule is Cc1cc2ccccc2nc1NCC1CCCNC1. The van der Waals surface area contributed by atoms with Gasteiger partial charge in [-0.3, -0.25) is 0 Å². The van der Waals surface area contributed by atoms with E-state index in [4.69, 9.17) is 4.98 Å². The van der Waals surface area contributed by atoms with Crippen LogP contribution in [0, 0.1) is 12.8 Å². The summed E-state index contributed by atoms with van der Waals surface area (Å²) in [6.07, 6.45) is 2.60. The minimum absolute atomic E-state index is 0.724. The van der Waals surface area contributed by atoms with Crippen LogP contribution >= 0.6 is 0 Å². The third kappa shape index (κ3) is 2.87. The second-order valence-corrected chi connectivity index (χ2v) is 5.44. The van der Waals surface area contributed by atoms with Crippen molar-refractivity contribution in [2.45, 2.75) is 19.8 Å². The van der Waals surface area contributed by atoms with Crippen LogP contribution in [0.2, 0.25) is 0 Å². The Balaban J connectivity index is 1.74. The topological polar surface area (TPSA) is 37.0 Å². The Bertz CT molecular complexity index is 559. The van der Waals surface area contributed by atoms with Crippen molar-refractivity contribution in [3.8, 4) is 0 Å². The number of fused-ring (bicyclic) bond motifs is 1. The summed E-state index contributed by atoms with van der Waals surface area (Å²) < 4.78 is 0. The Morgan fingerprint density at radius 3 is 3.11 bits per heavy atom. The Labute approximate surface area is 114 Å². The minimum atomic E-state index is 0.724.